The summed E-state index contributed by atoms with van der Waals surface area (Å²) in [5.74, 6) is 1.94. The highest BCUT2D eigenvalue weighted by Gasteiger charge is 2.27. The maximum absolute atomic E-state index is 12.0. The van der Waals surface area contributed by atoms with Crippen LogP contribution in [0.1, 0.15) is 51.1 Å². The maximum Gasteiger partial charge on any atom is 0.221 e. The van der Waals surface area contributed by atoms with Crippen LogP contribution in [0.3, 0.4) is 0 Å². The van der Waals surface area contributed by atoms with Gasteiger partial charge in [-0.05, 0) is 31.9 Å². The van der Waals surface area contributed by atoms with E-state index in [1.807, 2.05) is 24.4 Å². The van der Waals surface area contributed by atoms with E-state index in [-0.39, 0.29) is 11.4 Å². The van der Waals surface area contributed by atoms with E-state index >= 15 is 0 Å². The molecule has 1 aromatic heterocycles. The van der Waals surface area contributed by atoms with Crippen LogP contribution in [0.4, 0.5) is 0 Å². The van der Waals surface area contributed by atoms with Crippen molar-refractivity contribution in [1.29, 1.82) is 0 Å². The zero-order valence-corrected chi connectivity index (χ0v) is 13.0. The van der Waals surface area contributed by atoms with Gasteiger partial charge in [-0.3, -0.25) is 9.78 Å². The molecule has 1 heterocycles. The number of amides is 1. The number of aromatic nitrogens is 1. The molecule has 0 unspecified atom stereocenters. The lowest BCUT2D eigenvalue weighted by atomic mass is 9.83. The largest absolute Gasteiger partial charge is 0.351 e. The Morgan fingerprint density at radius 3 is 2.85 bits per heavy atom. The summed E-state index contributed by atoms with van der Waals surface area (Å²) in [4.78, 5) is 16.3. The molecule has 1 fully saturated rings. The van der Waals surface area contributed by atoms with Crippen LogP contribution >= 0.6 is 11.8 Å². The van der Waals surface area contributed by atoms with Crippen LogP contribution in [0.25, 0.3) is 0 Å². The lowest BCUT2D eigenvalue weighted by Crippen LogP contribution is -2.47. The quantitative estimate of drug-likeness (QED) is 0.815. The van der Waals surface area contributed by atoms with Crippen LogP contribution in [-0.4, -0.2) is 22.2 Å². The minimum Gasteiger partial charge on any atom is -0.351 e. The van der Waals surface area contributed by atoms with Crippen LogP contribution in [0.5, 0.6) is 0 Å². The van der Waals surface area contributed by atoms with E-state index in [1.54, 1.807) is 11.8 Å². The molecular formula is C16H24N2OS. The highest BCUT2D eigenvalue weighted by Crippen LogP contribution is 2.27. The van der Waals surface area contributed by atoms with Gasteiger partial charge in [0, 0.05) is 29.7 Å². The molecule has 1 N–H and O–H groups in total. The van der Waals surface area contributed by atoms with Crippen LogP contribution < -0.4 is 5.32 Å². The van der Waals surface area contributed by atoms with Gasteiger partial charge in [-0.15, -0.1) is 0 Å². The van der Waals surface area contributed by atoms with Gasteiger partial charge in [0.1, 0.15) is 0 Å². The second-order valence-electron chi connectivity index (χ2n) is 5.79. The molecule has 0 bridgehead atoms. The predicted octanol–water partition coefficient (Wildman–Crippen LogP) is 3.54. The van der Waals surface area contributed by atoms with Crippen molar-refractivity contribution in [2.45, 2.75) is 56.7 Å². The fourth-order valence-electron chi connectivity index (χ4n) is 2.68. The number of nitrogens with zero attached hydrogens (tertiary/aromatic N) is 1. The monoisotopic (exact) mass is 292 g/mol. The zero-order valence-electron chi connectivity index (χ0n) is 12.2. The minimum atomic E-state index is 0.0426. The van der Waals surface area contributed by atoms with E-state index in [1.165, 1.54) is 19.3 Å². The topological polar surface area (TPSA) is 42.0 Å². The number of rotatable bonds is 6. The van der Waals surface area contributed by atoms with Crippen molar-refractivity contribution in [3.05, 3.63) is 30.1 Å². The third-order valence-corrected chi connectivity index (χ3v) is 4.84. The molecule has 2 rings (SSSR count). The van der Waals surface area contributed by atoms with Gasteiger partial charge in [-0.25, -0.2) is 0 Å². The van der Waals surface area contributed by atoms with Crippen molar-refractivity contribution < 1.29 is 4.79 Å². The number of carbonyl (C=O) groups is 1. The molecule has 0 radical (unpaired) electrons. The Hall–Kier alpha value is -1.03. The SMILES string of the molecule is CC1(NC(=O)CCSCc2ccccn2)CCCCC1. The van der Waals surface area contributed by atoms with Crippen molar-refractivity contribution in [2.24, 2.45) is 0 Å². The molecule has 1 amide bonds. The van der Waals surface area contributed by atoms with E-state index < -0.39 is 0 Å². The number of nitrogens with one attached hydrogen (secondary N) is 1. The normalized spacial score (nSPS) is 17.6. The van der Waals surface area contributed by atoms with Crippen molar-refractivity contribution >= 4 is 17.7 Å². The lowest BCUT2D eigenvalue weighted by molar-refractivity contribution is -0.122. The van der Waals surface area contributed by atoms with Crippen LogP contribution in [0, 0.1) is 0 Å². The summed E-state index contributed by atoms with van der Waals surface area (Å²) in [5.41, 5.74) is 1.12. The zero-order chi connectivity index (χ0) is 14.3. The summed E-state index contributed by atoms with van der Waals surface area (Å²) in [5, 5.41) is 3.23. The van der Waals surface area contributed by atoms with E-state index in [0.717, 1.165) is 30.0 Å². The molecule has 0 aliphatic heterocycles. The summed E-state index contributed by atoms with van der Waals surface area (Å²) in [6.07, 6.45) is 8.46. The molecule has 1 aromatic rings. The smallest absolute Gasteiger partial charge is 0.221 e. The fraction of sp³-hybridized carbons (Fsp3) is 0.625. The molecule has 1 aliphatic rings. The van der Waals surface area contributed by atoms with Crippen LogP contribution in [0.15, 0.2) is 24.4 Å². The Labute approximate surface area is 125 Å². The number of hydrogen-bond acceptors (Lipinski definition) is 3. The Kier molecular flexibility index (Phi) is 5.89. The average molecular weight is 292 g/mol. The van der Waals surface area contributed by atoms with E-state index in [0.29, 0.717) is 6.42 Å². The summed E-state index contributed by atoms with van der Waals surface area (Å²) in [6, 6.07) is 5.95. The molecule has 0 atom stereocenters. The minimum absolute atomic E-state index is 0.0426. The molecule has 0 saturated heterocycles. The predicted molar refractivity (Wildman–Crippen MR) is 84.6 cm³/mol. The summed E-state index contributed by atoms with van der Waals surface area (Å²) < 4.78 is 0. The summed E-state index contributed by atoms with van der Waals surface area (Å²) in [7, 11) is 0. The standard InChI is InChI=1S/C16H24N2OS/c1-16(9-4-2-5-10-16)18-15(19)8-12-20-13-14-7-3-6-11-17-14/h3,6-7,11H,2,4-5,8-10,12-13H2,1H3,(H,18,19). The molecule has 0 aromatic carbocycles. The number of thioether (sulfide) groups is 1. The van der Waals surface area contributed by atoms with Gasteiger partial charge >= 0.3 is 0 Å². The van der Waals surface area contributed by atoms with Gasteiger partial charge in [0.15, 0.2) is 0 Å². The van der Waals surface area contributed by atoms with Gasteiger partial charge in [-0.2, -0.15) is 11.8 Å². The Morgan fingerprint density at radius 1 is 1.35 bits per heavy atom. The first-order valence-corrected chi connectivity index (χ1v) is 8.62. The van der Waals surface area contributed by atoms with Crippen LogP contribution in [0.2, 0.25) is 0 Å². The first-order chi connectivity index (χ1) is 9.68. The van der Waals surface area contributed by atoms with Crippen molar-refractivity contribution in [3.63, 3.8) is 0 Å². The van der Waals surface area contributed by atoms with Gasteiger partial charge in [0.05, 0.1) is 5.69 Å². The molecule has 20 heavy (non-hydrogen) atoms. The van der Waals surface area contributed by atoms with Gasteiger partial charge in [-0.1, -0.05) is 25.3 Å². The number of pyridine rings is 1. The fourth-order valence-corrected chi connectivity index (χ4v) is 3.54. The molecule has 3 nitrogen and oxygen atoms in total. The molecule has 110 valence electrons. The number of hydrogen-bond donors (Lipinski definition) is 1. The Morgan fingerprint density at radius 2 is 2.15 bits per heavy atom. The van der Waals surface area contributed by atoms with E-state index in [4.69, 9.17) is 0 Å². The maximum atomic E-state index is 12.0. The highest BCUT2D eigenvalue weighted by molar-refractivity contribution is 7.98. The first kappa shape index (κ1) is 15.4. The third-order valence-electron chi connectivity index (χ3n) is 3.85. The second kappa shape index (κ2) is 7.67. The molecule has 4 heteroatoms. The summed E-state index contributed by atoms with van der Waals surface area (Å²) >= 11 is 1.77. The Bertz CT molecular complexity index is 416. The van der Waals surface area contributed by atoms with Gasteiger partial charge < -0.3 is 5.32 Å². The highest BCUT2D eigenvalue weighted by atomic mass is 32.2. The molecule has 0 spiro atoms. The van der Waals surface area contributed by atoms with E-state index in [2.05, 4.69) is 17.2 Å². The Balaban J connectivity index is 1.63. The number of carbonyl (C=O) groups excluding carboxylic acids is 1. The second-order valence-corrected chi connectivity index (χ2v) is 6.90. The average Bonchev–Trinajstić information content (AvgIpc) is 2.45. The van der Waals surface area contributed by atoms with Gasteiger partial charge in [0.2, 0.25) is 5.91 Å². The van der Waals surface area contributed by atoms with Crippen molar-refractivity contribution in [2.75, 3.05) is 5.75 Å². The summed E-state index contributed by atoms with van der Waals surface area (Å²) in [6.45, 7) is 2.19. The van der Waals surface area contributed by atoms with Crippen molar-refractivity contribution in [3.8, 4) is 0 Å². The van der Waals surface area contributed by atoms with Crippen molar-refractivity contribution in [1.82, 2.24) is 10.3 Å². The molecular weight excluding hydrogens is 268 g/mol. The van der Waals surface area contributed by atoms with Gasteiger partial charge in [0.25, 0.3) is 0 Å². The third kappa shape index (κ3) is 5.16. The first-order valence-electron chi connectivity index (χ1n) is 7.47. The van der Waals surface area contributed by atoms with Crippen LogP contribution in [-0.2, 0) is 10.5 Å². The van der Waals surface area contributed by atoms with E-state index in [9.17, 15) is 4.79 Å². The molecule has 1 aliphatic carbocycles. The molecule has 1 saturated carbocycles. The lowest BCUT2D eigenvalue weighted by Gasteiger charge is -2.34.